The van der Waals surface area contributed by atoms with Crippen molar-refractivity contribution >= 4 is 39.0 Å². The Kier molecular flexibility index (Phi) is 3.99. The molecule has 20 heavy (non-hydrogen) atoms. The van der Waals surface area contributed by atoms with E-state index in [4.69, 9.17) is 5.11 Å². The van der Waals surface area contributed by atoms with Crippen molar-refractivity contribution in [2.24, 2.45) is 0 Å². The zero-order valence-corrected chi connectivity index (χ0v) is 11.6. The molecule has 102 valence electrons. The molecule has 0 bridgehead atoms. The first-order valence-corrected chi connectivity index (χ1v) is 6.31. The van der Waals surface area contributed by atoms with Gasteiger partial charge in [0.2, 0.25) is 0 Å². The van der Waals surface area contributed by atoms with Gasteiger partial charge < -0.3 is 10.4 Å². The average molecular weight is 337 g/mol. The maximum absolute atomic E-state index is 10.9. The highest BCUT2D eigenvalue weighted by Crippen LogP contribution is 2.26. The van der Waals surface area contributed by atoms with Gasteiger partial charge in [-0.1, -0.05) is 15.9 Å². The van der Waals surface area contributed by atoms with Gasteiger partial charge >= 0.3 is 5.97 Å². The van der Waals surface area contributed by atoms with E-state index in [2.05, 4.69) is 21.2 Å². The first-order chi connectivity index (χ1) is 9.47. The maximum atomic E-state index is 10.9. The molecule has 0 unspecified atom stereocenters. The number of nitrogens with zero attached hydrogens (tertiary/aromatic N) is 1. The smallest absolute Gasteiger partial charge is 0.342 e. The van der Waals surface area contributed by atoms with Gasteiger partial charge in [-0.2, -0.15) is 0 Å². The van der Waals surface area contributed by atoms with Gasteiger partial charge in [0.1, 0.15) is 5.56 Å². The molecule has 0 radical (unpaired) electrons. The van der Waals surface area contributed by atoms with Crippen LogP contribution in [0.3, 0.4) is 0 Å². The van der Waals surface area contributed by atoms with E-state index in [9.17, 15) is 14.9 Å². The van der Waals surface area contributed by atoms with Crippen molar-refractivity contribution in [1.82, 2.24) is 0 Å². The fourth-order valence-corrected chi connectivity index (χ4v) is 1.91. The van der Waals surface area contributed by atoms with Crippen LogP contribution in [0.15, 0.2) is 46.9 Å². The van der Waals surface area contributed by atoms with Crippen LogP contribution in [-0.4, -0.2) is 16.0 Å². The number of aromatic carboxylic acids is 1. The number of nitro benzene ring substituents is 1. The van der Waals surface area contributed by atoms with E-state index in [1.54, 1.807) is 12.1 Å². The van der Waals surface area contributed by atoms with Crippen LogP contribution in [-0.2, 0) is 0 Å². The third-order valence-corrected chi connectivity index (χ3v) is 3.09. The average Bonchev–Trinajstić information content (AvgIpc) is 2.41. The molecular formula is C13H9BrN2O4. The maximum Gasteiger partial charge on any atom is 0.342 e. The topological polar surface area (TPSA) is 92.5 Å². The van der Waals surface area contributed by atoms with Crippen molar-refractivity contribution in [2.45, 2.75) is 0 Å². The molecule has 2 aromatic carbocycles. The molecule has 0 aliphatic rings. The number of hydrogen-bond acceptors (Lipinski definition) is 4. The minimum atomic E-state index is -1.33. The number of carboxylic acids is 1. The molecule has 0 heterocycles. The molecule has 0 aromatic heterocycles. The highest BCUT2D eigenvalue weighted by molar-refractivity contribution is 9.10. The van der Waals surface area contributed by atoms with Crippen LogP contribution in [0.2, 0.25) is 0 Å². The third kappa shape index (κ3) is 3.12. The van der Waals surface area contributed by atoms with Gasteiger partial charge in [0.15, 0.2) is 0 Å². The summed E-state index contributed by atoms with van der Waals surface area (Å²) < 4.78 is 0.912. The van der Waals surface area contributed by atoms with Gasteiger partial charge in [0, 0.05) is 21.9 Å². The molecular weight excluding hydrogens is 328 g/mol. The van der Waals surface area contributed by atoms with Crippen LogP contribution in [0.5, 0.6) is 0 Å². The third-order valence-electron chi connectivity index (χ3n) is 2.56. The van der Waals surface area contributed by atoms with E-state index in [0.29, 0.717) is 5.69 Å². The second-order valence-electron chi connectivity index (χ2n) is 3.93. The summed E-state index contributed by atoms with van der Waals surface area (Å²) in [6.07, 6.45) is 0. The molecule has 2 aromatic rings. The lowest BCUT2D eigenvalue weighted by Gasteiger charge is -2.07. The van der Waals surface area contributed by atoms with E-state index >= 15 is 0 Å². The Hall–Kier alpha value is -2.41. The molecule has 6 nitrogen and oxygen atoms in total. The molecule has 0 aliphatic carbocycles. The molecule has 0 saturated heterocycles. The van der Waals surface area contributed by atoms with Gasteiger partial charge in [-0.15, -0.1) is 0 Å². The van der Waals surface area contributed by atoms with Gasteiger partial charge in [0.25, 0.3) is 5.69 Å². The Bertz CT molecular complexity index is 671. The summed E-state index contributed by atoms with van der Waals surface area (Å²) in [4.78, 5) is 21.1. The Morgan fingerprint density at radius 3 is 2.30 bits per heavy atom. The van der Waals surface area contributed by atoms with Crippen LogP contribution in [0.4, 0.5) is 17.1 Å². The number of carbonyl (C=O) groups is 1. The second kappa shape index (κ2) is 5.70. The summed E-state index contributed by atoms with van der Waals surface area (Å²) in [6.45, 7) is 0. The molecule has 0 atom stereocenters. The predicted molar refractivity (Wildman–Crippen MR) is 77.5 cm³/mol. The minimum absolute atomic E-state index is 0.337. The van der Waals surface area contributed by atoms with Crippen LogP contribution in [0.25, 0.3) is 0 Å². The number of anilines is 2. The van der Waals surface area contributed by atoms with Crippen LogP contribution in [0, 0.1) is 10.1 Å². The van der Waals surface area contributed by atoms with Crippen molar-refractivity contribution in [3.05, 3.63) is 62.6 Å². The lowest BCUT2D eigenvalue weighted by atomic mass is 10.1. The highest BCUT2D eigenvalue weighted by Gasteiger charge is 2.19. The van der Waals surface area contributed by atoms with Gasteiger partial charge in [0.05, 0.1) is 4.92 Å². The quantitative estimate of drug-likeness (QED) is 0.654. The summed E-state index contributed by atoms with van der Waals surface area (Å²) in [5, 5.41) is 22.8. The largest absolute Gasteiger partial charge is 0.477 e. The molecule has 0 spiro atoms. The number of benzene rings is 2. The Morgan fingerprint density at radius 2 is 1.75 bits per heavy atom. The SMILES string of the molecule is O=C(O)c1ccc(Nc2ccc(Br)cc2)cc1[N+](=O)[O-]. The van der Waals surface area contributed by atoms with E-state index < -0.39 is 16.6 Å². The van der Waals surface area contributed by atoms with Gasteiger partial charge in [-0.25, -0.2) is 4.79 Å². The molecule has 2 N–H and O–H groups in total. The van der Waals surface area contributed by atoms with E-state index in [1.165, 1.54) is 18.2 Å². The monoisotopic (exact) mass is 336 g/mol. The summed E-state index contributed by atoms with van der Waals surface area (Å²) in [5.41, 5.74) is 0.408. The highest BCUT2D eigenvalue weighted by atomic mass is 79.9. The van der Waals surface area contributed by atoms with Crippen LogP contribution < -0.4 is 5.32 Å². The Morgan fingerprint density at radius 1 is 1.15 bits per heavy atom. The fourth-order valence-electron chi connectivity index (χ4n) is 1.64. The first-order valence-electron chi connectivity index (χ1n) is 5.51. The lowest BCUT2D eigenvalue weighted by Crippen LogP contribution is -2.03. The van der Waals surface area contributed by atoms with Gasteiger partial charge in [-0.3, -0.25) is 10.1 Å². The molecule has 2 rings (SSSR count). The number of nitro groups is 1. The van der Waals surface area contributed by atoms with Crippen molar-refractivity contribution in [3.63, 3.8) is 0 Å². The lowest BCUT2D eigenvalue weighted by molar-refractivity contribution is -0.385. The molecule has 0 aliphatic heterocycles. The standard InChI is InChI=1S/C13H9BrN2O4/c14-8-1-3-9(4-2-8)15-10-5-6-11(13(17)18)12(7-10)16(19)20/h1-7,15H,(H,17,18). The summed E-state index contributed by atoms with van der Waals surface area (Å²) in [5.74, 6) is -1.33. The summed E-state index contributed by atoms with van der Waals surface area (Å²) in [7, 11) is 0. The zero-order chi connectivity index (χ0) is 14.7. The number of rotatable bonds is 4. The molecule has 0 amide bonds. The first kappa shape index (κ1) is 14.0. The normalized spacial score (nSPS) is 10.1. The second-order valence-corrected chi connectivity index (χ2v) is 4.84. The minimum Gasteiger partial charge on any atom is -0.477 e. The number of carboxylic acid groups (broad SMARTS) is 1. The van der Waals surface area contributed by atoms with E-state index in [0.717, 1.165) is 10.2 Å². The van der Waals surface area contributed by atoms with Crippen LogP contribution >= 0.6 is 15.9 Å². The molecule has 7 heteroatoms. The zero-order valence-electron chi connectivity index (χ0n) is 10.0. The molecule has 0 fully saturated rings. The number of nitrogens with one attached hydrogen (secondary N) is 1. The van der Waals surface area contributed by atoms with Crippen molar-refractivity contribution in [3.8, 4) is 0 Å². The number of hydrogen-bond donors (Lipinski definition) is 2. The van der Waals surface area contributed by atoms with Crippen molar-refractivity contribution < 1.29 is 14.8 Å². The van der Waals surface area contributed by atoms with E-state index in [-0.39, 0.29) is 5.56 Å². The van der Waals surface area contributed by atoms with Crippen LogP contribution in [0.1, 0.15) is 10.4 Å². The summed E-state index contributed by atoms with van der Waals surface area (Å²) >= 11 is 3.30. The Labute approximate surface area is 122 Å². The van der Waals surface area contributed by atoms with E-state index in [1.807, 2.05) is 12.1 Å². The van der Waals surface area contributed by atoms with Gasteiger partial charge in [-0.05, 0) is 36.4 Å². The van der Waals surface area contributed by atoms with Crippen molar-refractivity contribution in [1.29, 1.82) is 0 Å². The fraction of sp³-hybridized carbons (Fsp3) is 0. The number of halogens is 1. The Balaban J connectivity index is 2.34. The predicted octanol–water partition coefficient (Wildman–Crippen LogP) is 3.80. The molecule has 0 saturated carbocycles. The van der Waals surface area contributed by atoms with Crippen molar-refractivity contribution in [2.75, 3.05) is 5.32 Å². The summed E-state index contributed by atoms with van der Waals surface area (Å²) in [6, 6.07) is 11.1.